The van der Waals surface area contributed by atoms with Gasteiger partial charge in [-0.05, 0) is 55.3 Å². The molecule has 1 amide bonds. The Labute approximate surface area is 232 Å². The minimum absolute atomic E-state index is 0.0853. The van der Waals surface area contributed by atoms with Gasteiger partial charge in [0.1, 0.15) is 28.8 Å². The van der Waals surface area contributed by atoms with Gasteiger partial charge in [0.2, 0.25) is 0 Å². The third kappa shape index (κ3) is 5.66. The molecule has 1 aliphatic rings. The maximum atomic E-state index is 13.5. The molecule has 204 valence electrons. The standard InChI is InChI=1S/C30H30ClNO7/c1-17(2)39-21-8-6-7-19(13-21)27-26(28(33)22-14-25(38-5)23(31)15-24(22)37-4)29(34)30(35)32(27)16-18-9-11-20(36-3)12-10-18/h6-15,17,27,33H,16H2,1-5H3/b28-26+. The van der Waals surface area contributed by atoms with Crippen LogP contribution in [0.1, 0.15) is 36.6 Å². The molecule has 1 saturated heterocycles. The van der Waals surface area contributed by atoms with E-state index >= 15 is 0 Å². The molecule has 9 heteroatoms. The van der Waals surface area contributed by atoms with Crippen LogP contribution < -0.4 is 18.9 Å². The largest absolute Gasteiger partial charge is 0.507 e. The van der Waals surface area contributed by atoms with Crippen molar-refractivity contribution in [2.45, 2.75) is 32.5 Å². The summed E-state index contributed by atoms with van der Waals surface area (Å²) < 4.78 is 21.9. The molecule has 39 heavy (non-hydrogen) atoms. The van der Waals surface area contributed by atoms with E-state index in [0.29, 0.717) is 17.1 Å². The lowest BCUT2D eigenvalue weighted by Gasteiger charge is -2.26. The zero-order valence-corrected chi connectivity index (χ0v) is 23.1. The number of aliphatic hydroxyl groups is 1. The minimum atomic E-state index is -0.908. The first-order valence-corrected chi connectivity index (χ1v) is 12.7. The van der Waals surface area contributed by atoms with Crippen LogP contribution in [0.15, 0.2) is 66.2 Å². The highest BCUT2D eigenvalue weighted by atomic mass is 35.5. The van der Waals surface area contributed by atoms with E-state index in [9.17, 15) is 14.7 Å². The second-order valence-corrected chi connectivity index (χ2v) is 9.61. The van der Waals surface area contributed by atoms with Crippen LogP contribution in [-0.2, 0) is 16.1 Å². The van der Waals surface area contributed by atoms with Gasteiger partial charge in [0.15, 0.2) is 0 Å². The first-order chi connectivity index (χ1) is 18.7. The quantitative estimate of drug-likeness (QED) is 0.205. The van der Waals surface area contributed by atoms with E-state index in [1.807, 2.05) is 26.0 Å². The van der Waals surface area contributed by atoms with Crippen molar-refractivity contribution in [3.05, 3.63) is 87.9 Å². The molecule has 0 aromatic heterocycles. The molecule has 3 aromatic carbocycles. The Morgan fingerprint density at radius 1 is 0.923 bits per heavy atom. The summed E-state index contributed by atoms with van der Waals surface area (Å²) in [5.74, 6) is -0.240. The molecule has 1 aliphatic heterocycles. The topological polar surface area (TPSA) is 94.5 Å². The Morgan fingerprint density at radius 3 is 2.23 bits per heavy atom. The van der Waals surface area contributed by atoms with Gasteiger partial charge in [0, 0.05) is 12.6 Å². The van der Waals surface area contributed by atoms with Crippen LogP contribution in [0.25, 0.3) is 5.76 Å². The molecule has 0 aliphatic carbocycles. The zero-order valence-electron chi connectivity index (χ0n) is 22.4. The first-order valence-electron chi connectivity index (χ1n) is 12.3. The number of Topliss-reactive ketones (excluding diaryl/α,β-unsaturated/α-hetero) is 1. The lowest BCUT2D eigenvalue weighted by molar-refractivity contribution is -0.140. The third-order valence-corrected chi connectivity index (χ3v) is 6.62. The lowest BCUT2D eigenvalue weighted by atomic mass is 9.94. The van der Waals surface area contributed by atoms with Gasteiger partial charge >= 0.3 is 0 Å². The number of halogens is 1. The number of carbonyl (C=O) groups excluding carboxylic acids is 2. The van der Waals surface area contributed by atoms with Crippen LogP contribution >= 0.6 is 11.6 Å². The average molecular weight is 552 g/mol. The number of hydrogen-bond acceptors (Lipinski definition) is 7. The van der Waals surface area contributed by atoms with E-state index in [1.165, 1.54) is 31.3 Å². The van der Waals surface area contributed by atoms with Gasteiger partial charge in [-0.15, -0.1) is 0 Å². The van der Waals surface area contributed by atoms with E-state index in [0.717, 1.165) is 5.56 Å². The number of nitrogens with zero attached hydrogens (tertiary/aromatic N) is 1. The summed E-state index contributed by atoms with van der Waals surface area (Å²) >= 11 is 6.26. The summed E-state index contributed by atoms with van der Waals surface area (Å²) in [4.78, 5) is 28.4. The molecule has 0 radical (unpaired) electrons. The molecule has 0 spiro atoms. The number of benzene rings is 3. The molecule has 0 saturated carbocycles. The van der Waals surface area contributed by atoms with Crippen LogP contribution in [0.5, 0.6) is 23.0 Å². The summed E-state index contributed by atoms with van der Waals surface area (Å²) in [5.41, 5.74) is 1.46. The number of ether oxygens (including phenoxy) is 4. The van der Waals surface area contributed by atoms with E-state index in [-0.39, 0.29) is 40.3 Å². The Morgan fingerprint density at radius 2 is 1.62 bits per heavy atom. The number of likely N-dealkylation sites (tertiary alicyclic amines) is 1. The smallest absolute Gasteiger partial charge is 0.295 e. The van der Waals surface area contributed by atoms with Gasteiger partial charge in [0.05, 0.1) is 49.6 Å². The Hall–Kier alpha value is -4.17. The minimum Gasteiger partial charge on any atom is -0.507 e. The summed E-state index contributed by atoms with van der Waals surface area (Å²) in [5, 5.41) is 11.8. The first kappa shape index (κ1) is 27.9. The molecular weight excluding hydrogens is 522 g/mol. The fourth-order valence-electron chi connectivity index (χ4n) is 4.54. The highest BCUT2D eigenvalue weighted by molar-refractivity contribution is 6.46. The summed E-state index contributed by atoms with van der Waals surface area (Å²) in [6.07, 6.45) is -0.0864. The van der Waals surface area contributed by atoms with Crippen molar-refractivity contribution in [1.29, 1.82) is 0 Å². The molecule has 1 fully saturated rings. The second-order valence-electron chi connectivity index (χ2n) is 9.20. The average Bonchev–Trinajstić information content (AvgIpc) is 3.17. The van der Waals surface area contributed by atoms with Crippen LogP contribution in [0.2, 0.25) is 5.02 Å². The number of amides is 1. The molecule has 1 unspecified atom stereocenters. The molecule has 0 bridgehead atoms. The predicted octanol–water partition coefficient (Wildman–Crippen LogP) is 5.77. The van der Waals surface area contributed by atoms with Crippen molar-refractivity contribution < 1.29 is 33.6 Å². The van der Waals surface area contributed by atoms with Gasteiger partial charge in [0.25, 0.3) is 11.7 Å². The van der Waals surface area contributed by atoms with Gasteiger partial charge in [-0.3, -0.25) is 9.59 Å². The Bertz CT molecular complexity index is 1420. The van der Waals surface area contributed by atoms with Crippen LogP contribution in [0.4, 0.5) is 0 Å². The molecule has 1 N–H and O–H groups in total. The van der Waals surface area contributed by atoms with Gasteiger partial charge < -0.3 is 29.0 Å². The van der Waals surface area contributed by atoms with Crippen molar-refractivity contribution in [2.75, 3.05) is 21.3 Å². The van der Waals surface area contributed by atoms with E-state index in [1.54, 1.807) is 43.5 Å². The molecular formula is C30H30ClNO7. The zero-order chi connectivity index (χ0) is 28.3. The summed E-state index contributed by atoms with van der Waals surface area (Å²) in [7, 11) is 4.42. The lowest BCUT2D eigenvalue weighted by Crippen LogP contribution is -2.29. The van der Waals surface area contributed by atoms with Crippen molar-refractivity contribution in [3.63, 3.8) is 0 Å². The second kappa shape index (κ2) is 11.7. The normalized spacial score (nSPS) is 16.5. The van der Waals surface area contributed by atoms with Gasteiger partial charge in [-0.25, -0.2) is 0 Å². The van der Waals surface area contributed by atoms with E-state index < -0.39 is 23.5 Å². The maximum Gasteiger partial charge on any atom is 0.295 e. The van der Waals surface area contributed by atoms with Crippen LogP contribution in [0, 0.1) is 0 Å². The highest BCUT2D eigenvalue weighted by Crippen LogP contribution is 2.44. The molecule has 8 nitrogen and oxygen atoms in total. The number of carbonyl (C=O) groups is 2. The number of rotatable bonds is 9. The number of aliphatic hydroxyl groups excluding tert-OH is 1. The van der Waals surface area contributed by atoms with Gasteiger partial charge in [-0.1, -0.05) is 35.9 Å². The van der Waals surface area contributed by atoms with Crippen molar-refractivity contribution in [1.82, 2.24) is 4.90 Å². The van der Waals surface area contributed by atoms with Crippen LogP contribution in [0.3, 0.4) is 0 Å². The predicted molar refractivity (Wildman–Crippen MR) is 148 cm³/mol. The molecule has 1 heterocycles. The maximum absolute atomic E-state index is 13.5. The number of ketones is 1. The van der Waals surface area contributed by atoms with E-state index in [2.05, 4.69) is 0 Å². The molecule has 3 aromatic rings. The number of methoxy groups -OCH3 is 3. The monoisotopic (exact) mass is 551 g/mol. The third-order valence-electron chi connectivity index (χ3n) is 6.33. The SMILES string of the molecule is COc1ccc(CN2C(=O)C(=O)/C(=C(/O)c3cc(OC)c(Cl)cc3OC)C2c2cccc(OC(C)C)c2)cc1. The summed E-state index contributed by atoms with van der Waals surface area (Å²) in [6.45, 7) is 3.93. The molecule has 4 rings (SSSR count). The highest BCUT2D eigenvalue weighted by Gasteiger charge is 2.46. The van der Waals surface area contributed by atoms with Crippen molar-refractivity contribution in [3.8, 4) is 23.0 Å². The summed E-state index contributed by atoms with van der Waals surface area (Å²) in [6, 6.07) is 16.4. The molecule has 1 atom stereocenters. The van der Waals surface area contributed by atoms with Gasteiger partial charge in [-0.2, -0.15) is 0 Å². The Balaban J connectivity index is 1.91. The number of hydrogen-bond donors (Lipinski definition) is 1. The fraction of sp³-hybridized carbons (Fsp3) is 0.267. The Kier molecular flexibility index (Phi) is 8.35. The van der Waals surface area contributed by atoms with Crippen molar-refractivity contribution in [2.24, 2.45) is 0 Å². The van der Waals surface area contributed by atoms with E-state index in [4.69, 9.17) is 30.5 Å². The fourth-order valence-corrected chi connectivity index (χ4v) is 4.77. The van der Waals surface area contributed by atoms with Crippen molar-refractivity contribution >= 4 is 29.1 Å². The van der Waals surface area contributed by atoms with Crippen LogP contribution in [-0.4, -0.2) is 49.1 Å².